The number of nitrogens with two attached hydrogens (primary N) is 1. The van der Waals surface area contributed by atoms with Crippen molar-refractivity contribution in [3.05, 3.63) is 0 Å². The van der Waals surface area contributed by atoms with Gasteiger partial charge in [-0.25, -0.2) is 0 Å². The summed E-state index contributed by atoms with van der Waals surface area (Å²) in [4.78, 5) is 18.4. The van der Waals surface area contributed by atoms with Crippen LogP contribution in [0, 0.1) is 5.92 Å². The van der Waals surface area contributed by atoms with E-state index in [1.54, 1.807) is 11.8 Å². The second-order valence-corrected chi connectivity index (χ2v) is 6.72. The Morgan fingerprint density at radius 2 is 2.50 bits per heavy atom. The second kappa shape index (κ2) is 7.92. The van der Waals surface area contributed by atoms with E-state index in [0.717, 1.165) is 36.8 Å². The molecule has 20 heavy (non-hydrogen) atoms. The van der Waals surface area contributed by atoms with Crippen LogP contribution in [-0.4, -0.2) is 52.1 Å². The molecule has 1 aliphatic rings. The van der Waals surface area contributed by atoms with Crippen LogP contribution in [-0.2, 0) is 4.79 Å². The summed E-state index contributed by atoms with van der Waals surface area (Å²) in [6.07, 6.45) is 2.17. The maximum atomic E-state index is 11.9. The fourth-order valence-corrected chi connectivity index (χ4v) is 3.54. The molecule has 0 saturated carbocycles. The molecule has 3 N–H and O–H groups in total. The predicted molar refractivity (Wildman–Crippen MR) is 83.2 cm³/mol. The van der Waals surface area contributed by atoms with Crippen LogP contribution in [0.2, 0.25) is 0 Å². The zero-order valence-electron chi connectivity index (χ0n) is 11.7. The fourth-order valence-electron chi connectivity index (χ4n) is 2.12. The summed E-state index contributed by atoms with van der Waals surface area (Å²) < 4.78 is 4.21. The number of rotatable bonds is 7. The van der Waals surface area contributed by atoms with Crippen molar-refractivity contribution in [3.63, 3.8) is 0 Å². The van der Waals surface area contributed by atoms with Gasteiger partial charge >= 0.3 is 0 Å². The summed E-state index contributed by atoms with van der Waals surface area (Å²) in [6.45, 7) is 5.09. The molecule has 6 nitrogen and oxygen atoms in total. The van der Waals surface area contributed by atoms with E-state index in [2.05, 4.69) is 26.5 Å². The van der Waals surface area contributed by atoms with Gasteiger partial charge in [0.1, 0.15) is 0 Å². The number of nitrogens with zero attached hydrogens (tertiary/aromatic N) is 3. The Bertz CT molecular complexity index is 439. The van der Waals surface area contributed by atoms with Crippen molar-refractivity contribution in [2.75, 3.05) is 37.2 Å². The lowest BCUT2D eigenvalue weighted by molar-refractivity contribution is -0.117. The standard InChI is InChI=1S/C12H21N5OS2/c1-2-5-19-12-15-11(20-16-12)14-10(18)8-17-4-3-9(6-13)7-17/h9H,2-8,13H2,1H3,(H,14,15,16,18). The summed E-state index contributed by atoms with van der Waals surface area (Å²) in [5, 5.41) is 4.15. The Morgan fingerprint density at radius 3 is 3.20 bits per heavy atom. The molecule has 0 spiro atoms. The number of nitrogens with one attached hydrogen (secondary N) is 1. The molecule has 1 amide bonds. The lowest BCUT2D eigenvalue weighted by atomic mass is 10.1. The molecule has 112 valence electrons. The van der Waals surface area contributed by atoms with E-state index in [0.29, 0.717) is 24.1 Å². The van der Waals surface area contributed by atoms with Crippen molar-refractivity contribution < 1.29 is 4.79 Å². The Morgan fingerprint density at radius 1 is 1.65 bits per heavy atom. The lowest BCUT2D eigenvalue weighted by Gasteiger charge is -2.14. The average Bonchev–Trinajstić information content (AvgIpc) is 3.05. The quantitative estimate of drug-likeness (QED) is 0.737. The van der Waals surface area contributed by atoms with Crippen molar-refractivity contribution in [3.8, 4) is 0 Å². The molecule has 1 unspecified atom stereocenters. The smallest absolute Gasteiger partial charge is 0.240 e. The Kier molecular flexibility index (Phi) is 6.21. The van der Waals surface area contributed by atoms with Gasteiger partial charge < -0.3 is 5.73 Å². The Hall–Kier alpha value is -0.700. The monoisotopic (exact) mass is 315 g/mol. The molecule has 1 atom stereocenters. The van der Waals surface area contributed by atoms with Crippen LogP contribution in [0.25, 0.3) is 0 Å². The van der Waals surface area contributed by atoms with Crippen molar-refractivity contribution in [1.29, 1.82) is 0 Å². The minimum atomic E-state index is -0.0223. The molecule has 0 aromatic carbocycles. The van der Waals surface area contributed by atoms with Gasteiger partial charge in [0.15, 0.2) is 0 Å². The molecular formula is C12H21N5OS2. The highest BCUT2D eigenvalue weighted by atomic mass is 32.2. The van der Waals surface area contributed by atoms with Gasteiger partial charge in [0, 0.05) is 23.8 Å². The molecular weight excluding hydrogens is 294 g/mol. The molecule has 2 heterocycles. The Labute approximate surface area is 127 Å². The average molecular weight is 315 g/mol. The first-order valence-electron chi connectivity index (χ1n) is 6.90. The zero-order chi connectivity index (χ0) is 14.4. The minimum absolute atomic E-state index is 0.0223. The summed E-state index contributed by atoms with van der Waals surface area (Å²) >= 11 is 2.86. The first-order valence-corrected chi connectivity index (χ1v) is 8.66. The van der Waals surface area contributed by atoms with Crippen LogP contribution in [0.15, 0.2) is 5.16 Å². The third-order valence-electron chi connectivity index (χ3n) is 3.16. The van der Waals surface area contributed by atoms with E-state index in [1.807, 2.05) is 0 Å². The van der Waals surface area contributed by atoms with Gasteiger partial charge in [-0.2, -0.15) is 9.36 Å². The topological polar surface area (TPSA) is 84.1 Å². The number of hydrogen-bond donors (Lipinski definition) is 2. The SMILES string of the molecule is CCCSc1nsc(NC(=O)CN2CCC(CN)C2)n1. The number of hydrogen-bond acceptors (Lipinski definition) is 7. The predicted octanol–water partition coefficient (Wildman–Crippen LogP) is 1.26. The molecule has 1 saturated heterocycles. The number of thioether (sulfide) groups is 1. The molecule has 8 heteroatoms. The van der Waals surface area contributed by atoms with Crippen molar-refractivity contribution >= 4 is 34.3 Å². The normalized spacial score (nSPS) is 19.4. The van der Waals surface area contributed by atoms with E-state index >= 15 is 0 Å². The summed E-state index contributed by atoms with van der Waals surface area (Å²) in [7, 11) is 0. The minimum Gasteiger partial charge on any atom is -0.330 e. The van der Waals surface area contributed by atoms with E-state index in [1.165, 1.54) is 11.5 Å². The molecule has 1 aromatic heterocycles. The van der Waals surface area contributed by atoms with Gasteiger partial charge in [-0.05, 0) is 31.8 Å². The molecule has 1 aromatic rings. The molecule has 0 bridgehead atoms. The number of carbonyl (C=O) groups is 1. The van der Waals surface area contributed by atoms with E-state index in [9.17, 15) is 4.79 Å². The van der Waals surface area contributed by atoms with Crippen LogP contribution in [0.3, 0.4) is 0 Å². The fraction of sp³-hybridized carbons (Fsp3) is 0.750. The van der Waals surface area contributed by atoms with Gasteiger partial charge in [0.25, 0.3) is 0 Å². The van der Waals surface area contributed by atoms with Gasteiger partial charge in [-0.15, -0.1) is 0 Å². The van der Waals surface area contributed by atoms with Crippen LogP contribution >= 0.6 is 23.3 Å². The van der Waals surface area contributed by atoms with E-state index in [4.69, 9.17) is 5.73 Å². The highest BCUT2D eigenvalue weighted by Gasteiger charge is 2.23. The van der Waals surface area contributed by atoms with Crippen molar-refractivity contribution in [1.82, 2.24) is 14.3 Å². The Balaban J connectivity index is 1.75. The van der Waals surface area contributed by atoms with Gasteiger partial charge in [-0.1, -0.05) is 18.7 Å². The van der Waals surface area contributed by atoms with Gasteiger partial charge in [-0.3, -0.25) is 15.0 Å². The number of likely N-dealkylation sites (tertiary alicyclic amines) is 1. The lowest BCUT2D eigenvalue weighted by Crippen LogP contribution is -2.32. The van der Waals surface area contributed by atoms with Gasteiger partial charge in [0.2, 0.25) is 16.2 Å². The second-order valence-electron chi connectivity index (χ2n) is 4.90. The zero-order valence-corrected chi connectivity index (χ0v) is 13.3. The highest BCUT2D eigenvalue weighted by molar-refractivity contribution is 7.99. The van der Waals surface area contributed by atoms with Crippen molar-refractivity contribution in [2.45, 2.75) is 24.9 Å². The first-order chi connectivity index (χ1) is 9.71. The summed E-state index contributed by atoms with van der Waals surface area (Å²) in [5.74, 6) is 1.51. The number of aromatic nitrogens is 2. The first kappa shape index (κ1) is 15.7. The number of carbonyl (C=O) groups excluding carboxylic acids is 1. The molecule has 1 fully saturated rings. The third-order valence-corrected chi connectivity index (χ3v) is 4.96. The molecule has 0 radical (unpaired) electrons. The van der Waals surface area contributed by atoms with Crippen LogP contribution in [0.4, 0.5) is 5.13 Å². The van der Waals surface area contributed by atoms with Crippen LogP contribution in [0.1, 0.15) is 19.8 Å². The van der Waals surface area contributed by atoms with E-state index in [-0.39, 0.29) is 5.91 Å². The van der Waals surface area contributed by atoms with Gasteiger partial charge in [0.05, 0.1) is 6.54 Å². The maximum Gasteiger partial charge on any atom is 0.240 e. The molecule has 1 aliphatic heterocycles. The summed E-state index contributed by atoms with van der Waals surface area (Å²) in [6, 6.07) is 0. The molecule has 0 aliphatic carbocycles. The number of amides is 1. The van der Waals surface area contributed by atoms with E-state index < -0.39 is 0 Å². The number of anilines is 1. The maximum absolute atomic E-state index is 11.9. The molecule has 2 rings (SSSR count). The van der Waals surface area contributed by atoms with Crippen LogP contribution < -0.4 is 11.1 Å². The van der Waals surface area contributed by atoms with Crippen LogP contribution in [0.5, 0.6) is 0 Å². The largest absolute Gasteiger partial charge is 0.330 e. The van der Waals surface area contributed by atoms with Crippen molar-refractivity contribution in [2.24, 2.45) is 11.7 Å². The third kappa shape index (κ3) is 4.69. The summed E-state index contributed by atoms with van der Waals surface area (Å²) in [5.41, 5.74) is 5.65. The highest BCUT2D eigenvalue weighted by Crippen LogP contribution is 2.20.